The summed E-state index contributed by atoms with van der Waals surface area (Å²) >= 11 is 0. The third-order valence-electron chi connectivity index (χ3n) is 3.82. The van der Waals surface area contributed by atoms with Crippen molar-refractivity contribution >= 4 is 23.6 Å². The summed E-state index contributed by atoms with van der Waals surface area (Å²) in [6.45, 7) is 1.11. The predicted molar refractivity (Wildman–Crippen MR) is 85.0 cm³/mol. The van der Waals surface area contributed by atoms with E-state index in [2.05, 4.69) is 10.6 Å². The highest BCUT2D eigenvalue weighted by molar-refractivity contribution is 5.91. The number of anilines is 1. The van der Waals surface area contributed by atoms with E-state index >= 15 is 0 Å². The van der Waals surface area contributed by atoms with E-state index in [4.69, 9.17) is 5.11 Å². The summed E-state index contributed by atoms with van der Waals surface area (Å²) in [6, 6.07) is 8.87. The van der Waals surface area contributed by atoms with Crippen molar-refractivity contribution in [1.82, 2.24) is 10.2 Å². The lowest BCUT2D eigenvalue weighted by molar-refractivity contribution is -0.143. The molecule has 0 spiro atoms. The lowest BCUT2D eigenvalue weighted by Gasteiger charge is -2.30. The van der Waals surface area contributed by atoms with E-state index in [1.54, 1.807) is 17.0 Å². The van der Waals surface area contributed by atoms with E-state index < -0.39 is 5.97 Å². The first kappa shape index (κ1) is 16.8. The molecule has 7 heteroatoms. The SMILES string of the molecule is O=C(CCNC(=O)N1CCC(C(=O)O)CC1)Nc1ccccc1. The Balaban J connectivity index is 1.65. The lowest BCUT2D eigenvalue weighted by atomic mass is 9.97. The largest absolute Gasteiger partial charge is 0.481 e. The fraction of sp³-hybridized carbons (Fsp3) is 0.438. The minimum Gasteiger partial charge on any atom is -0.481 e. The molecule has 23 heavy (non-hydrogen) atoms. The second-order valence-corrected chi connectivity index (χ2v) is 5.50. The molecule has 1 aromatic carbocycles. The molecule has 7 nitrogen and oxygen atoms in total. The lowest BCUT2D eigenvalue weighted by Crippen LogP contribution is -2.46. The first-order chi connectivity index (χ1) is 11.1. The van der Waals surface area contributed by atoms with Crippen LogP contribution in [0.2, 0.25) is 0 Å². The van der Waals surface area contributed by atoms with Gasteiger partial charge in [-0.25, -0.2) is 4.79 Å². The van der Waals surface area contributed by atoms with Gasteiger partial charge >= 0.3 is 12.0 Å². The number of hydrogen-bond donors (Lipinski definition) is 3. The maximum Gasteiger partial charge on any atom is 0.317 e. The summed E-state index contributed by atoms with van der Waals surface area (Å²) in [7, 11) is 0. The number of carboxylic acids is 1. The number of piperidine rings is 1. The molecule has 0 unspecified atom stereocenters. The van der Waals surface area contributed by atoms with E-state index in [0.29, 0.717) is 25.9 Å². The van der Waals surface area contributed by atoms with Crippen LogP contribution in [-0.2, 0) is 9.59 Å². The van der Waals surface area contributed by atoms with Gasteiger partial charge in [0.15, 0.2) is 0 Å². The predicted octanol–water partition coefficient (Wildman–Crippen LogP) is 1.52. The average Bonchev–Trinajstić information content (AvgIpc) is 2.55. The van der Waals surface area contributed by atoms with Crippen LogP contribution in [0.5, 0.6) is 0 Å². The molecule has 0 aromatic heterocycles. The number of rotatable bonds is 5. The van der Waals surface area contributed by atoms with Gasteiger partial charge in [-0.15, -0.1) is 0 Å². The Morgan fingerprint density at radius 3 is 2.39 bits per heavy atom. The first-order valence-electron chi connectivity index (χ1n) is 7.67. The molecule has 3 amide bonds. The number of benzene rings is 1. The van der Waals surface area contributed by atoms with Crippen LogP contribution in [0.3, 0.4) is 0 Å². The smallest absolute Gasteiger partial charge is 0.317 e. The summed E-state index contributed by atoms with van der Waals surface area (Å²) in [6.07, 6.45) is 1.13. The van der Waals surface area contributed by atoms with Crippen molar-refractivity contribution in [2.24, 2.45) is 5.92 Å². The van der Waals surface area contributed by atoms with Gasteiger partial charge in [-0.2, -0.15) is 0 Å². The number of para-hydroxylation sites is 1. The van der Waals surface area contributed by atoms with Gasteiger partial charge in [0.2, 0.25) is 5.91 Å². The fourth-order valence-electron chi connectivity index (χ4n) is 2.47. The molecule has 0 bridgehead atoms. The summed E-state index contributed by atoms with van der Waals surface area (Å²) < 4.78 is 0. The van der Waals surface area contributed by atoms with Gasteiger partial charge in [0.05, 0.1) is 5.92 Å². The average molecular weight is 319 g/mol. The van der Waals surface area contributed by atoms with Crippen LogP contribution in [0.25, 0.3) is 0 Å². The molecule has 2 rings (SSSR count). The maximum atomic E-state index is 12.0. The number of carbonyl (C=O) groups excluding carboxylic acids is 2. The van der Waals surface area contributed by atoms with Crippen LogP contribution in [-0.4, -0.2) is 47.5 Å². The highest BCUT2D eigenvalue weighted by Gasteiger charge is 2.26. The number of carboxylic acid groups (broad SMARTS) is 1. The van der Waals surface area contributed by atoms with E-state index in [0.717, 1.165) is 5.69 Å². The number of nitrogens with one attached hydrogen (secondary N) is 2. The maximum absolute atomic E-state index is 12.0. The number of aliphatic carboxylic acids is 1. The van der Waals surface area contributed by atoms with E-state index in [1.807, 2.05) is 18.2 Å². The van der Waals surface area contributed by atoms with Gasteiger partial charge in [0.1, 0.15) is 0 Å². The molecule has 0 saturated carbocycles. The summed E-state index contributed by atoms with van der Waals surface area (Å²) in [5.74, 6) is -1.33. The van der Waals surface area contributed by atoms with Crippen LogP contribution >= 0.6 is 0 Å². The van der Waals surface area contributed by atoms with Gasteiger partial charge in [-0.1, -0.05) is 18.2 Å². The van der Waals surface area contributed by atoms with Crippen LogP contribution in [0.15, 0.2) is 30.3 Å². The number of carbonyl (C=O) groups is 3. The molecular weight excluding hydrogens is 298 g/mol. The minimum atomic E-state index is -0.803. The molecule has 0 aliphatic carbocycles. The molecule has 1 aliphatic rings. The van der Waals surface area contributed by atoms with Crippen molar-refractivity contribution < 1.29 is 19.5 Å². The van der Waals surface area contributed by atoms with Crippen LogP contribution in [0, 0.1) is 5.92 Å². The quantitative estimate of drug-likeness (QED) is 0.766. The number of hydrogen-bond acceptors (Lipinski definition) is 3. The second kappa shape index (κ2) is 8.17. The zero-order valence-corrected chi connectivity index (χ0v) is 12.8. The van der Waals surface area contributed by atoms with Crippen molar-refractivity contribution in [2.75, 3.05) is 25.0 Å². The topological polar surface area (TPSA) is 98.7 Å². The second-order valence-electron chi connectivity index (χ2n) is 5.50. The van der Waals surface area contributed by atoms with Crippen LogP contribution in [0.1, 0.15) is 19.3 Å². The van der Waals surface area contributed by atoms with Crippen LogP contribution < -0.4 is 10.6 Å². The van der Waals surface area contributed by atoms with Gasteiger partial charge in [-0.05, 0) is 25.0 Å². The Morgan fingerprint density at radius 1 is 1.13 bits per heavy atom. The first-order valence-corrected chi connectivity index (χ1v) is 7.67. The molecular formula is C16H21N3O4. The third kappa shape index (κ3) is 5.28. The van der Waals surface area contributed by atoms with Gasteiger partial charge in [0, 0.05) is 31.7 Å². The highest BCUT2D eigenvalue weighted by atomic mass is 16.4. The number of urea groups is 1. The fourth-order valence-corrected chi connectivity index (χ4v) is 2.47. The zero-order valence-electron chi connectivity index (χ0n) is 12.8. The standard InChI is InChI=1S/C16H21N3O4/c20-14(18-13-4-2-1-3-5-13)6-9-17-16(23)19-10-7-12(8-11-19)15(21)22/h1-5,12H,6-11H2,(H,17,23)(H,18,20)(H,21,22). The van der Waals surface area contributed by atoms with E-state index in [1.165, 1.54) is 0 Å². The Bertz CT molecular complexity index is 554. The Kier molecular flexibility index (Phi) is 5.96. The molecule has 1 aliphatic heterocycles. The molecule has 1 saturated heterocycles. The zero-order chi connectivity index (χ0) is 16.7. The molecule has 124 valence electrons. The van der Waals surface area contributed by atoms with E-state index in [9.17, 15) is 14.4 Å². The normalized spacial score (nSPS) is 15.0. The molecule has 0 atom stereocenters. The van der Waals surface area contributed by atoms with Crippen molar-refractivity contribution in [3.63, 3.8) is 0 Å². The number of nitrogens with zero attached hydrogens (tertiary/aromatic N) is 1. The monoisotopic (exact) mass is 319 g/mol. The number of amides is 3. The molecule has 3 N–H and O–H groups in total. The van der Waals surface area contributed by atoms with Crippen molar-refractivity contribution in [3.05, 3.63) is 30.3 Å². The number of likely N-dealkylation sites (tertiary alicyclic amines) is 1. The Morgan fingerprint density at radius 2 is 1.78 bits per heavy atom. The summed E-state index contributed by atoms with van der Waals surface area (Å²) in [5.41, 5.74) is 0.722. The summed E-state index contributed by atoms with van der Waals surface area (Å²) in [5, 5.41) is 14.4. The van der Waals surface area contributed by atoms with Gasteiger partial charge < -0.3 is 20.6 Å². The Labute approximate surface area is 134 Å². The molecule has 1 heterocycles. The third-order valence-corrected chi connectivity index (χ3v) is 3.82. The summed E-state index contributed by atoms with van der Waals surface area (Å²) in [4.78, 5) is 36.2. The molecule has 1 aromatic rings. The minimum absolute atomic E-state index is 0.166. The van der Waals surface area contributed by atoms with Gasteiger partial charge in [0.25, 0.3) is 0 Å². The van der Waals surface area contributed by atoms with Crippen molar-refractivity contribution in [3.8, 4) is 0 Å². The van der Waals surface area contributed by atoms with Crippen LogP contribution in [0.4, 0.5) is 10.5 Å². The Hall–Kier alpha value is -2.57. The van der Waals surface area contributed by atoms with Crippen molar-refractivity contribution in [2.45, 2.75) is 19.3 Å². The van der Waals surface area contributed by atoms with Gasteiger partial charge in [-0.3, -0.25) is 9.59 Å². The van der Waals surface area contributed by atoms with E-state index in [-0.39, 0.29) is 30.8 Å². The van der Waals surface area contributed by atoms with Crippen molar-refractivity contribution in [1.29, 1.82) is 0 Å². The highest BCUT2D eigenvalue weighted by Crippen LogP contribution is 2.17. The molecule has 1 fully saturated rings. The molecule has 0 radical (unpaired) electrons.